The minimum Gasteiger partial charge on any atom is -0.497 e. The predicted molar refractivity (Wildman–Crippen MR) is 96.4 cm³/mol. The van der Waals surface area contributed by atoms with Crippen molar-refractivity contribution in [3.8, 4) is 11.5 Å². The summed E-state index contributed by atoms with van der Waals surface area (Å²) in [5, 5.41) is 7.27. The van der Waals surface area contributed by atoms with Crippen molar-refractivity contribution in [2.24, 2.45) is 0 Å². The fraction of sp³-hybridized carbons (Fsp3) is 0.389. The molecule has 2 aromatic rings. The Morgan fingerprint density at radius 1 is 1.21 bits per heavy atom. The van der Waals surface area contributed by atoms with Crippen LogP contribution in [0.5, 0.6) is 11.5 Å². The van der Waals surface area contributed by atoms with Gasteiger partial charge in [0.05, 0.1) is 19.9 Å². The Bertz CT molecular complexity index is 680. The minimum atomic E-state index is -0.0813. The topological polar surface area (TPSA) is 50.8 Å². The number of ether oxygens (including phenoxy) is 2. The van der Waals surface area contributed by atoms with E-state index in [4.69, 9.17) is 9.47 Å². The molecule has 1 N–H and O–H groups in total. The van der Waals surface area contributed by atoms with Crippen molar-refractivity contribution in [2.45, 2.75) is 18.8 Å². The third-order valence-corrected chi connectivity index (χ3v) is 5.15. The van der Waals surface area contributed by atoms with Gasteiger partial charge in [0.15, 0.2) is 0 Å². The molecule has 0 aliphatic carbocycles. The molecule has 1 saturated heterocycles. The lowest BCUT2D eigenvalue weighted by atomic mass is 9.91. The van der Waals surface area contributed by atoms with Gasteiger partial charge in [0.25, 0.3) is 0 Å². The SMILES string of the molecule is COc1ccc(NC(=O)N2CCC(c3ccsc3)CC2)c(OC)c1. The number of rotatable bonds is 4. The van der Waals surface area contributed by atoms with E-state index in [1.807, 2.05) is 4.90 Å². The average Bonchev–Trinajstić information content (AvgIpc) is 3.16. The van der Waals surface area contributed by atoms with E-state index in [-0.39, 0.29) is 6.03 Å². The molecule has 0 spiro atoms. The molecule has 5 nitrogen and oxygen atoms in total. The third kappa shape index (κ3) is 3.64. The highest BCUT2D eigenvalue weighted by Crippen LogP contribution is 2.31. The summed E-state index contributed by atoms with van der Waals surface area (Å²) in [7, 11) is 3.18. The molecule has 0 saturated carbocycles. The van der Waals surface area contributed by atoms with Gasteiger partial charge in [-0.3, -0.25) is 0 Å². The molecular formula is C18H22N2O3S. The zero-order valence-corrected chi connectivity index (χ0v) is 14.8. The number of hydrogen-bond acceptors (Lipinski definition) is 4. The van der Waals surface area contributed by atoms with Crippen LogP contribution < -0.4 is 14.8 Å². The molecule has 0 unspecified atom stereocenters. The monoisotopic (exact) mass is 346 g/mol. The van der Waals surface area contributed by atoms with Crippen molar-refractivity contribution in [1.29, 1.82) is 0 Å². The lowest BCUT2D eigenvalue weighted by molar-refractivity contribution is 0.194. The number of methoxy groups -OCH3 is 2. The summed E-state index contributed by atoms with van der Waals surface area (Å²) in [6, 6.07) is 7.47. The van der Waals surface area contributed by atoms with Gasteiger partial charge < -0.3 is 19.7 Å². The van der Waals surface area contributed by atoms with Gasteiger partial charge in [-0.15, -0.1) is 0 Å². The van der Waals surface area contributed by atoms with Crippen LogP contribution in [0.2, 0.25) is 0 Å². The number of benzene rings is 1. The number of nitrogens with one attached hydrogen (secondary N) is 1. The summed E-state index contributed by atoms with van der Waals surface area (Å²) in [6.45, 7) is 1.54. The highest BCUT2D eigenvalue weighted by Gasteiger charge is 2.24. The lowest BCUT2D eigenvalue weighted by Gasteiger charge is -2.32. The van der Waals surface area contributed by atoms with Crippen LogP contribution in [0.15, 0.2) is 35.0 Å². The van der Waals surface area contributed by atoms with Gasteiger partial charge in [-0.05, 0) is 53.3 Å². The Morgan fingerprint density at radius 3 is 2.62 bits per heavy atom. The van der Waals surface area contributed by atoms with Crippen molar-refractivity contribution in [3.05, 3.63) is 40.6 Å². The smallest absolute Gasteiger partial charge is 0.321 e. The summed E-state index contributed by atoms with van der Waals surface area (Å²) < 4.78 is 10.5. The average molecular weight is 346 g/mol. The predicted octanol–water partition coefficient (Wildman–Crippen LogP) is 4.18. The molecule has 2 amide bonds. The number of piperidine rings is 1. The van der Waals surface area contributed by atoms with E-state index in [9.17, 15) is 4.79 Å². The van der Waals surface area contributed by atoms with Crippen LogP contribution in [-0.2, 0) is 0 Å². The standard InChI is InChI=1S/C18H22N2O3S/c1-22-15-3-4-16(17(11-15)23-2)19-18(21)20-8-5-13(6-9-20)14-7-10-24-12-14/h3-4,7,10-13H,5-6,8-9H2,1-2H3,(H,19,21). The number of carbonyl (C=O) groups excluding carboxylic acids is 1. The first-order valence-electron chi connectivity index (χ1n) is 8.01. The summed E-state index contributed by atoms with van der Waals surface area (Å²) in [6.07, 6.45) is 2.01. The maximum Gasteiger partial charge on any atom is 0.321 e. The molecule has 128 valence electrons. The Kier molecular flexibility index (Phi) is 5.25. The largest absolute Gasteiger partial charge is 0.497 e. The van der Waals surface area contributed by atoms with Crippen LogP contribution in [0.1, 0.15) is 24.3 Å². The number of amides is 2. The van der Waals surface area contributed by atoms with Gasteiger partial charge in [-0.25, -0.2) is 4.79 Å². The minimum absolute atomic E-state index is 0.0813. The number of urea groups is 1. The fourth-order valence-electron chi connectivity index (χ4n) is 3.02. The first-order chi connectivity index (χ1) is 11.7. The molecule has 1 aliphatic rings. The molecule has 1 aliphatic heterocycles. The van der Waals surface area contributed by atoms with Crippen LogP contribution in [0.25, 0.3) is 0 Å². The zero-order valence-electron chi connectivity index (χ0n) is 14.0. The first-order valence-corrected chi connectivity index (χ1v) is 8.95. The summed E-state index contributed by atoms with van der Waals surface area (Å²) >= 11 is 1.73. The molecule has 0 radical (unpaired) electrons. The van der Waals surface area contributed by atoms with E-state index in [0.717, 1.165) is 25.9 Å². The maximum absolute atomic E-state index is 12.5. The quantitative estimate of drug-likeness (QED) is 0.904. The number of thiophene rings is 1. The highest BCUT2D eigenvalue weighted by molar-refractivity contribution is 7.07. The van der Waals surface area contributed by atoms with Gasteiger partial charge in [0, 0.05) is 19.2 Å². The normalized spacial score (nSPS) is 15.2. The first kappa shape index (κ1) is 16.6. The Morgan fingerprint density at radius 2 is 2.00 bits per heavy atom. The van der Waals surface area contributed by atoms with E-state index in [1.54, 1.807) is 43.8 Å². The maximum atomic E-state index is 12.5. The summed E-state index contributed by atoms with van der Waals surface area (Å²) in [5.41, 5.74) is 2.06. The van der Waals surface area contributed by atoms with Crippen molar-refractivity contribution in [2.75, 3.05) is 32.6 Å². The molecule has 1 aromatic carbocycles. The van der Waals surface area contributed by atoms with Gasteiger partial charge >= 0.3 is 6.03 Å². The second-order valence-electron chi connectivity index (χ2n) is 5.81. The van der Waals surface area contributed by atoms with E-state index in [2.05, 4.69) is 22.1 Å². The molecule has 0 bridgehead atoms. The Hall–Kier alpha value is -2.21. The molecule has 0 atom stereocenters. The summed E-state index contributed by atoms with van der Waals surface area (Å²) in [5.74, 6) is 1.85. The van der Waals surface area contributed by atoms with Gasteiger partial charge in [0.2, 0.25) is 0 Å². The molecule has 1 aromatic heterocycles. The number of hydrogen-bond donors (Lipinski definition) is 1. The second-order valence-corrected chi connectivity index (χ2v) is 6.59. The van der Waals surface area contributed by atoms with Crippen molar-refractivity contribution < 1.29 is 14.3 Å². The number of anilines is 1. The van der Waals surface area contributed by atoms with Crippen molar-refractivity contribution in [1.82, 2.24) is 4.90 Å². The van der Waals surface area contributed by atoms with Crippen LogP contribution in [0.4, 0.5) is 10.5 Å². The van der Waals surface area contributed by atoms with Gasteiger partial charge in [-0.1, -0.05) is 0 Å². The number of carbonyl (C=O) groups is 1. The van der Waals surface area contributed by atoms with E-state index in [1.165, 1.54) is 5.56 Å². The molecule has 6 heteroatoms. The van der Waals surface area contributed by atoms with Crippen LogP contribution in [-0.4, -0.2) is 38.2 Å². The van der Waals surface area contributed by atoms with Gasteiger partial charge in [-0.2, -0.15) is 11.3 Å². The summed E-state index contributed by atoms with van der Waals surface area (Å²) in [4.78, 5) is 14.4. The van der Waals surface area contributed by atoms with Crippen molar-refractivity contribution >= 4 is 23.1 Å². The second kappa shape index (κ2) is 7.57. The Labute approximate surface area is 146 Å². The lowest BCUT2D eigenvalue weighted by Crippen LogP contribution is -2.40. The highest BCUT2D eigenvalue weighted by atomic mass is 32.1. The van der Waals surface area contributed by atoms with Crippen LogP contribution in [0.3, 0.4) is 0 Å². The third-order valence-electron chi connectivity index (χ3n) is 4.45. The van der Waals surface area contributed by atoms with Crippen molar-refractivity contribution in [3.63, 3.8) is 0 Å². The number of likely N-dealkylation sites (tertiary alicyclic amines) is 1. The molecule has 3 rings (SSSR count). The zero-order chi connectivity index (χ0) is 16.9. The van der Waals surface area contributed by atoms with Crippen LogP contribution in [0, 0.1) is 0 Å². The molecule has 24 heavy (non-hydrogen) atoms. The number of nitrogens with zero attached hydrogens (tertiary/aromatic N) is 1. The Balaban J connectivity index is 1.60. The van der Waals surface area contributed by atoms with E-state index < -0.39 is 0 Å². The fourth-order valence-corrected chi connectivity index (χ4v) is 3.76. The molecule has 1 fully saturated rings. The van der Waals surface area contributed by atoms with Crippen LogP contribution >= 0.6 is 11.3 Å². The van der Waals surface area contributed by atoms with E-state index >= 15 is 0 Å². The molecular weight excluding hydrogens is 324 g/mol. The molecule has 2 heterocycles. The van der Waals surface area contributed by atoms with Gasteiger partial charge in [0.1, 0.15) is 11.5 Å². The van der Waals surface area contributed by atoms with E-state index in [0.29, 0.717) is 23.1 Å².